The molecule has 1 N–H and O–H groups in total. The van der Waals surface area contributed by atoms with Gasteiger partial charge in [0.2, 0.25) is 0 Å². The van der Waals surface area contributed by atoms with E-state index in [0.29, 0.717) is 0 Å². The van der Waals surface area contributed by atoms with Crippen molar-refractivity contribution in [3.8, 4) is 0 Å². The van der Waals surface area contributed by atoms with Crippen molar-refractivity contribution in [3.63, 3.8) is 0 Å². The topological polar surface area (TPSA) is 24.5 Å². The van der Waals surface area contributed by atoms with Gasteiger partial charge in [0.1, 0.15) is 0 Å². The summed E-state index contributed by atoms with van der Waals surface area (Å²) in [5.74, 6) is 0. The van der Waals surface area contributed by atoms with Crippen molar-refractivity contribution in [3.05, 3.63) is 29.8 Å². The van der Waals surface area contributed by atoms with Crippen molar-refractivity contribution in [2.75, 3.05) is 44.7 Å². The molecule has 3 heteroatoms. The van der Waals surface area contributed by atoms with Crippen LogP contribution < -0.4 is 5.32 Å². The molecule has 0 spiro atoms. The predicted octanol–water partition coefficient (Wildman–Crippen LogP) is 1.54. The van der Waals surface area contributed by atoms with Crippen LogP contribution in [0.3, 0.4) is 0 Å². The van der Waals surface area contributed by atoms with Gasteiger partial charge >= 0.3 is 0 Å². The summed E-state index contributed by atoms with van der Waals surface area (Å²) in [6, 6.07) is 9.11. The molecule has 0 unspecified atom stereocenters. The van der Waals surface area contributed by atoms with Crippen LogP contribution in [0.1, 0.15) is 5.56 Å². The Morgan fingerprint density at radius 2 is 2.25 bits per heavy atom. The van der Waals surface area contributed by atoms with Gasteiger partial charge in [0, 0.05) is 31.9 Å². The molecule has 1 aliphatic heterocycles. The smallest absolute Gasteiger partial charge is 0.0594 e. The highest BCUT2D eigenvalue weighted by Crippen LogP contribution is 2.12. The van der Waals surface area contributed by atoms with Crippen LogP contribution in [0, 0.1) is 13.0 Å². The molecular weight excluding hydrogens is 200 g/mol. The van der Waals surface area contributed by atoms with Gasteiger partial charge in [-0.2, -0.15) is 0 Å². The van der Waals surface area contributed by atoms with Gasteiger partial charge in [-0.3, -0.25) is 4.90 Å². The number of hydrogen-bond acceptors (Lipinski definition) is 3. The van der Waals surface area contributed by atoms with Crippen LogP contribution in [0.4, 0.5) is 5.69 Å². The highest BCUT2D eigenvalue weighted by atomic mass is 16.5. The van der Waals surface area contributed by atoms with E-state index in [9.17, 15) is 0 Å². The molecule has 1 fully saturated rings. The van der Waals surface area contributed by atoms with E-state index in [2.05, 4.69) is 29.3 Å². The summed E-state index contributed by atoms with van der Waals surface area (Å²) in [5.41, 5.74) is 2.47. The summed E-state index contributed by atoms with van der Waals surface area (Å²) in [5, 5.41) is 3.46. The molecule has 0 amide bonds. The van der Waals surface area contributed by atoms with Gasteiger partial charge in [-0.15, -0.1) is 0 Å². The lowest BCUT2D eigenvalue weighted by Gasteiger charge is -2.26. The van der Waals surface area contributed by atoms with Gasteiger partial charge < -0.3 is 10.1 Å². The molecule has 0 aromatic heterocycles. The van der Waals surface area contributed by atoms with Crippen LogP contribution in [-0.2, 0) is 4.74 Å². The summed E-state index contributed by atoms with van der Waals surface area (Å²) in [6.45, 7) is 8.05. The van der Waals surface area contributed by atoms with Gasteiger partial charge in [0.05, 0.1) is 13.2 Å². The van der Waals surface area contributed by atoms with Crippen LogP contribution in [0.2, 0.25) is 0 Å². The monoisotopic (exact) mass is 219 g/mol. The van der Waals surface area contributed by atoms with Crippen molar-refractivity contribution in [2.24, 2.45) is 0 Å². The quantitative estimate of drug-likeness (QED) is 0.831. The van der Waals surface area contributed by atoms with Crippen LogP contribution in [0.5, 0.6) is 0 Å². The van der Waals surface area contributed by atoms with E-state index in [1.165, 1.54) is 11.3 Å². The molecule has 0 saturated carbocycles. The van der Waals surface area contributed by atoms with E-state index in [1.807, 2.05) is 12.1 Å². The minimum Gasteiger partial charge on any atom is -0.384 e. The van der Waals surface area contributed by atoms with Gasteiger partial charge in [-0.05, 0) is 30.7 Å². The van der Waals surface area contributed by atoms with E-state index in [4.69, 9.17) is 4.74 Å². The van der Waals surface area contributed by atoms with Gasteiger partial charge in [-0.25, -0.2) is 0 Å². The minimum atomic E-state index is 0.874. The third-order valence-electron chi connectivity index (χ3n) is 2.92. The number of morpholine rings is 1. The normalized spacial score (nSPS) is 17.3. The highest BCUT2D eigenvalue weighted by molar-refractivity contribution is 5.49. The molecule has 87 valence electrons. The van der Waals surface area contributed by atoms with E-state index >= 15 is 0 Å². The molecule has 16 heavy (non-hydrogen) atoms. The summed E-state index contributed by atoms with van der Waals surface area (Å²) < 4.78 is 5.32. The number of rotatable bonds is 4. The molecule has 1 radical (unpaired) electrons. The Hall–Kier alpha value is -1.06. The highest BCUT2D eigenvalue weighted by Gasteiger charge is 2.09. The number of ether oxygens (including phenoxy) is 1. The molecule has 1 heterocycles. The average molecular weight is 219 g/mol. The van der Waals surface area contributed by atoms with Gasteiger partial charge in [0.25, 0.3) is 0 Å². The zero-order valence-electron chi connectivity index (χ0n) is 9.83. The lowest BCUT2D eigenvalue weighted by molar-refractivity contribution is 0.0398. The maximum atomic E-state index is 5.32. The minimum absolute atomic E-state index is 0.874. The van der Waals surface area contributed by atoms with E-state index in [0.717, 1.165) is 39.4 Å². The number of benzene rings is 1. The van der Waals surface area contributed by atoms with Crippen molar-refractivity contribution < 1.29 is 4.74 Å². The second kappa shape index (κ2) is 5.87. The Morgan fingerprint density at radius 1 is 1.44 bits per heavy atom. The Bertz CT molecular complexity index is 321. The first kappa shape index (κ1) is 11.4. The average Bonchev–Trinajstić information content (AvgIpc) is 2.33. The Balaban J connectivity index is 1.73. The lowest BCUT2D eigenvalue weighted by atomic mass is 10.2. The fraction of sp³-hybridized carbons (Fsp3) is 0.538. The second-order valence-corrected chi connectivity index (χ2v) is 4.12. The molecule has 1 aromatic carbocycles. The van der Waals surface area contributed by atoms with E-state index in [-0.39, 0.29) is 0 Å². The fourth-order valence-electron chi connectivity index (χ4n) is 1.89. The number of hydrogen-bond donors (Lipinski definition) is 1. The number of nitrogens with one attached hydrogen (secondary N) is 1. The maximum Gasteiger partial charge on any atom is 0.0594 e. The molecular formula is C13H19N2O. The van der Waals surface area contributed by atoms with Crippen molar-refractivity contribution in [1.82, 2.24) is 4.90 Å². The number of nitrogens with zero attached hydrogens (tertiary/aromatic N) is 1. The first-order valence-corrected chi connectivity index (χ1v) is 5.87. The largest absolute Gasteiger partial charge is 0.384 e. The lowest BCUT2D eigenvalue weighted by Crippen LogP contribution is -2.39. The second-order valence-electron chi connectivity index (χ2n) is 4.12. The third kappa shape index (κ3) is 3.22. The molecule has 0 atom stereocenters. The molecule has 1 saturated heterocycles. The molecule has 2 rings (SSSR count). The zero-order chi connectivity index (χ0) is 11.2. The third-order valence-corrected chi connectivity index (χ3v) is 2.92. The zero-order valence-corrected chi connectivity index (χ0v) is 9.83. The molecule has 0 bridgehead atoms. The Kier molecular flexibility index (Phi) is 4.19. The maximum absolute atomic E-state index is 5.32. The van der Waals surface area contributed by atoms with Crippen molar-refractivity contribution in [2.45, 2.75) is 6.92 Å². The van der Waals surface area contributed by atoms with Crippen molar-refractivity contribution in [1.29, 1.82) is 0 Å². The molecule has 1 aliphatic rings. The first-order valence-electron chi connectivity index (χ1n) is 5.87. The summed E-state index contributed by atoms with van der Waals surface area (Å²) in [7, 11) is 0. The Labute approximate surface area is 97.4 Å². The standard InChI is InChI=1S/C13H19N2O/c1-12-4-2-3-5-13(12)14-6-7-15-8-10-16-11-9-15/h3-5,14H,6-11H2,1H3. The van der Waals surface area contributed by atoms with Crippen LogP contribution in [0.25, 0.3) is 0 Å². The molecule has 1 aromatic rings. The number of anilines is 1. The van der Waals surface area contributed by atoms with Crippen LogP contribution in [-0.4, -0.2) is 44.3 Å². The Morgan fingerprint density at radius 3 is 3.00 bits per heavy atom. The molecule has 3 nitrogen and oxygen atoms in total. The van der Waals surface area contributed by atoms with Crippen molar-refractivity contribution >= 4 is 5.69 Å². The summed E-state index contributed by atoms with van der Waals surface area (Å²) >= 11 is 0. The van der Waals surface area contributed by atoms with E-state index < -0.39 is 0 Å². The van der Waals surface area contributed by atoms with E-state index in [1.54, 1.807) is 0 Å². The summed E-state index contributed by atoms with van der Waals surface area (Å²) in [6.07, 6.45) is 0. The SMILES string of the molecule is Cc1c[c]ccc1NCCN1CCOCC1. The fourth-order valence-corrected chi connectivity index (χ4v) is 1.89. The number of aryl methyl sites for hydroxylation is 1. The first-order chi connectivity index (χ1) is 7.86. The van der Waals surface area contributed by atoms with Crippen LogP contribution in [0.15, 0.2) is 18.2 Å². The van der Waals surface area contributed by atoms with Gasteiger partial charge in [0.15, 0.2) is 0 Å². The predicted molar refractivity (Wildman–Crippen MR) is 65.8 cm³/mol. The van der Waals surface area contributed by atoms with Gasteiger partial charge in [-0.1, -0.05) is 6.07 Å². The summed E-state index contributed by atoms with van der Waals surface area (Å²) in [4.78, 5) is 2.43. The molecule has 0 aliphatic carbocycles. The van der Waals surface area contributed by atoms with Crippen LogP contribution >= 0.6 is 0 Å².